The number of hydrogen-bond acceptors (Lipinski definition) is 3. The second-order valence-electron chi connectivity index (χ2n) is 5.10. The van der Waals surface area contributed by atoms with Gasteiger partial charge in [-0.2, -0.15) is 0 Å². The van der Waals surface area contributed by atoms with Gasteiger partial charge in [-0.05, 0) is 66.3 Å². The third kappa shape index (κ3) is 4.45. The van der Waals surface area contributed by atoms with Crippen LogP contribution in [0.25, 0.3) is 0 Å². The number of piperidine rings is 1. The number of nitrogens with one attached hydrogen (secondary N) is 2. The van der Waals surface area contributed by atoms with Gasteiger partial charge in [0.15, 0.2) is 0 Å². The Morgan fingerprint density at radius 3 is 2.76 bits per heavy atom. The monoisotopic (exact) mass is 382 g/mol. The second-order valence-corrected chi connectivity index (χ2v) is 7.69. The summed E-state index contributed by atoms with van der Waals surface area (Å²) in [5.41, 5.74) is 0. The van der Waals surface area contributed by atoms with Crippen molar-refractivity contribution in [3.8, 4) is 0 Å². The van der Waals surface area contributed by atoms with Crippen LogP contribution in [0.3, 0.4) is 0 Å². The van der Waals surface area contributed by atoms with Crippen LogP contribution in [0, 0.1) is 17.6 Å². The molecule has 1 unspecified atom stereocenters. The molecule has 0 aliphatic carbocycles. The van der Waals surface area contributed by atoms with Gasteiger partial charge in [0.25, 0.3) is 0 Å². The van der Waals surface area contributed by atoms with Crippen LogP contribution in [-0.2, 0) is 10.0 Å². The molecule has 0 saturated carbocycles. The van der Waals surface area contributed by atoms with Gasteiger partial charge in [0.1, 0.15) is 16.5 Å². The van der Waals surface area contributed by atoms with Gasteiger partial charge < -0.3 is 5.32 Å². The predicted octanol–water partition coefficient (Wildman–Crippen LogP) is 2.40. The first kappa shape index (κ1) is 16.8. The molecule has 0 radical (unpaired) electrons. The first-order chi connectivity index (χ1) is 9.90. The van der Waals surface area contributed by atoms with E-state index in [1.807, 2.05) is 0 Å². The summed E-state index contributed by atoms with van der Waals surface area (Å²) in [6.45, 7) is 2.07. The van der Waals surface area contributed by atoms with E-state index in [0.717, 1.165) is 32.0 Å². The maximum absolute atomic E-state index is 13.7. The quantitative estimate of drug-likeness (QED) is 0.768. The smallest absolute Gasteiger partial charge is 0.243 e. The molecule has 8 heteroatoms. The van der Waals surface area contributed by atoms with Crippen molar-refractivity contribution in [1.82, 2.24) is 10.0 Å². The van der Waals surface area contributed by atoms with Crippen LogP contribution >= 0.6 is 15.9 Å². The summed E-state index contributed by atoms with van der Waals surface area (Å²) in [4.78, 5) is -0.662. The molecule has 1 heterocycles. The van der Waals surface area contributed by atoms with Gasteiger partial charge in [0.05, 0.1) is 4.47 Å². The molecule has 0 amide bonds. The molecule has 118 valence electrons. The molecule has 1 saturated heterocycles. The first-order valence-electron chi connectivity index (χ1n) is 6.75. The summed E-state index contributed by atoms with van der Waals surface area (Å²) in [5, 5.41) is 3.24. The summed E-state index contributed by atoms with van der Waals surface area (Å²) >= 11 is 2.81. The highest BCUT2D eigenvalue weighted by molar-refractivity contribution is 9.10. The minimum atomic E-state index is -4.04. The van der Waals surface area contributed by atoms with E-state index in [1.165, 1.54) is 0 Å². The third-order valence-corrected chi connectivity index (χ3v) is 5.59. The number of hydrogen-bond donors (Lipinski definition) is 2. The normalized spacial score (nSPS) is 19.7. The molecule has 1 aliphatic heterocycles. The molecule has 1 fully saturated rings. The van der Waals surface area contributed by atoms with Crippen molar-refractivity contribution in [3.63, 3.8) is 0 Å². The standard InChI is InChI=1S/C13H17BrF2N2O2S/c14-10-6-12(16)13(7-11(10)15)21(19,20)18-5-3-9-2-1-4-17-8-9/h6-7,9,17-18H,1-5,8H2. The van der Waals surface area contributed by atoms with Crippen molar-refractivity contribution in [1.29, 1.82) is 0 Å². The highest BCUT2D eigenvalue weighted by Gasteiger charge is 2.22. The number of sulfonamides is 1. The van der Waals surface area contributed by atoms with E-state index in [-0.39, 0.29) is 11.0 Å². The van der Waals surface area contributed by atoms with Crippen molar-refractivity contribution in [2.45, 2.75) is 24.2 Å². The minimum Gasteiger partial charge on any atom is -0.316 e. The zero-order valence-electron chi connectivity index (χ0n) is 11.3. The van der Waals surface area contributed by atoms with Gasteiger partial charge in [-0.25, -0.2) is 21.9 Å². The summed E-state index contributed by atoms with van der Waals surface area (Å²) in [6, 6.07) is 1.50. The van der Waals surface area contributed by atoms with Crippen molar-refractivity contribution >= 4 is 26.0 Å². The van der Waals surface area contributed by atoms with Crippen molar-refractivity contribution < 1.29 is 17.2 Å². The van der Waals surface area contributed by atoms with Crippen LogP contribution in [0.15, 0.2) is 21.5 Å². The maximum Gasteiger partial charge on any atom is 0.243 e. The highest BCUT2D eigenvalue weighted by atomic mass is 79.9. The summed E-state index contributed by atoms with van der Waals surface area (Å²) in [5.74, 6) is -1.38. The Morgan fingerprint density at radius 2 is 2.10 bits per heavy atom. The van der Waals surface area contributed by atoms with E-state index < -0.39 is 26.6 Å². The maximum atomic E-state index is 13.7. The lowest BCUT2D eigenvalue weighted by atomic mass is 9.96. The number of benzene rings is 1. The average molecular weight is 383 g/mol. The molecule has 2 rings (SSSR count). The van der Waals surface area contributed by atoms with Gasteiger partial charge in [0.2, 0.25) is 10.0 Å². The van der Waals surface area contributed by atoms with Gasteiger partial charge in [-0.15, -0.1) is 0 Å². The molecule has 1 atom stereocenters. The van der Waals surface area contributed by atoms with E-state index >= 15 is 0 Å². The Labute approximate surface area is 131 Å². The predicted molar refractivity (Wildman–Crippen MR) is 79.5 cm³/mol. The molecular weight excluding hydrogens is 366 g/mol. The van der Waals surface area contributed by atoms with Crippen LogP contribution in [0.5, 0.6) is 0 Å². The lowest BCUT2D eigenvalue weighted by Gasteiger charge is -2.22. The second kappa shape index (κ2) is 7.13. The van der Waals surface area contributed by atoms with Crippen LogP contribution in [-0.4, -0.2) is 28.1 Å². The van der Waals surface area contributed by atoms with Crippen LogP contribution in [0.2, 0.25) is 0 Å². The van der Waals surface area contributed by atoms with E-state index in [1.54, 1.807) is 0 Å². The van der Waals surface area contributed by atoms with Crippen LogP contribution in [0.4, 0.5) is 8.78 Å². The van der Waals surface area contributed by atoms with Crippen LogP contribution < -0.4 is 10.0 Å². The van der Waals surface area contributed by atoms with E-state index in [2.05, 4.69) is 26.0 Å². The SMILES string of the molecule is O=S(=O)(NCCC1CCCNC1)c1cc(F)c(Br)cc1F. The Hall–Kier alpha value is -0.570. The average Bonchev–Trinajstić information content (AvgIpc) is 2.43. The number of rotatable bonds is 5. The lowest BCUT2D eigenvalue weighted by Crippen LogP contribution is -2.33. The molecule has 21 heavy (non-hydrogen) atoms. The molecule has 0 aromatic heterocycles. The molecule has 1 aliphatic rings. The Morgan fingerprint density at radius 1 is 1.33 bits per heavy atom. The van der Waals surface area contributed by atoms with Crippen molar-refractivity contribution in [2.24, 2.45) is 5.92 Å². The highest BCUT2D eigenvalue weighted by Crippen LogP contribution is 2.23. The molecule has 0 bridgehead atoms. The fourth-order valence-corrected chi connectivity index (χ4v) is 3.79. The fourth-order valence-electron chi connectivity index (χ4n) is 2.36. The van der Waals surface area contributed by atoms with Gasteiger partial charge >= 0.3 is 0 Å². The van der Waals surface area contributed by atoms with E-state index in [4.69, 9.17) is 0 Å². The first-order valence-corrected chi connectivity index (χ1v) is 9.02. The van der Waals surface area contributed by atoms with Crippen molar-refractivity contribution in [3.05, 3.63) is 28.2 Å². The molecule has 0 spiro atoms. The van der Waals surface area contributed by atoms with E-state index in [0.29, 0.717) is 18.4 Å². The van der Waals surface area contributed by atoms with Gasteiger partial charge in [0, 0.05) is 6.54 Å². The Kier molecular flexibility index (Phi) is 5.70. The largest absolute Gasteiger partial charge is 0.316 e. The zero-order chi connectivity index (χ0) is 15.5. The van der Waals surface area contributed by atoms with Crippen molar-refractivity contribution in [2.75, 3.05) is 19.6 Å². The molecular formula is C13H17BrF2N2O2S. The lowest BCUT2D eigenvalue weighted by molar-refractivity contribution is 0.358. The van der Waals surface area contributed by atoms with Crippen LogP contribution in [0.1, 0.15) is 19.3 Å². The Bertz CT molecular complexity index is 604. The minimum absolute atomic E-state index is 0.104. The number of halogens is 3. The molecule has 1 aromatic carbocycles. The Balaban J connectivity index is 1.99. The summed E-state index contributed by atoms with van der Waals surface area (Å²) < 4.78 is 53.3. The van der Waals surface area contributed by atoms with Gasteiger partial charge in [-0.1, -0.05) is 0 Å². The molecule has 1 aromatic rings. The van der Waals surface area contributed by atoms with Gasteiger partial charge in [-0.3, -0.25) is 0 Å². The zero-order valence-corrected chi connectivity index (χ0v) is 13.7. The fraction of sp³-hybridized carbons (Fsp3) is 0.538. The summed E-state index contributed by atoms with van der Waals surface area (Å²) in [6.07, 6.45) is 2.80. The van der Waals surface area contributed by atoms with E-state index in [9.17, 15) is 17.2 Å². The molecule has 2 N–H and O–H groups in total. The molecule has 4 nitrogen and oxygen atoms in total. The third-order valence-electron chi connectivity index (χ3n) is 3.51. The summed E-state index contributed by atoms with van der Waals surface area (Å²) in [7, 11) is -4.04. The topological polar surface area (TPSA) is 58.2 Å².